The Morgan fingerprint density at radius 3 is 1.90 bits per heavy atom. The molecule has 0 aliphatic heterocycles. The highest BCUT2D eigenvalue weighted by Crippen LogP contribution is 2.29. The maximum atomic E-state index is 11.9. The van der Waals surface area contributed by atoms with Crippen LogP contribution in [0.4, 0.5) is 0 Å². The molecule has 0 spiro atoms. The third-order valence-electron chi connectivity index (χ3n) is 6.69. The number of nitrogens with zero attached hydrogens (tertiary/aromatic N) is 2. The van der Waals surface area contributed by atoms with Crippen molar-refractivity contribution in [3.05, 3.63) is 102 Å². The average Bonchev–Trinajstić information content (AvgIpc) is 2.99. The summed E-state index contributed by atoms with van der Waals surface area (Å²) in [6.07, 6.45) is 17.2. The lowest BCUT2D eigenvalue weighted by atomic mass is 9.97. The summed E-state index contributed by atoms with van der Waals surface area (Å²) in [5.74, 6) is 2.37. The fourth-order valence-corrected chi connectivity index (χ4v) is 5.30. The molecule has 3 rings (SSSR count). The molecule has 1 aromatic carbocycles. The van der Waals surface area contributed by atoms with Crippen LogP contribution in [0.5, 0.6) is 11.5 Å². The molecule has 0 fully saturated rings. The van der Waals surface area contributed by atoms with Gasteiger partial charge in [0.25, 0.3) is 0 Å². The van der Waals surface area contributed by atoms with Crippen molar-refractivity contribution < 1.29 is 19.0 Å². The van der Waals surface area contributed by atoms with Gasteiger partial charge in [-0.25, -0.2) is 0 Å². The maximum absolute atomic E-state index is 11.9. The molecule has 0 atom stereocenters. The number of rotatable bonds is 16. The van der Waals surface area contributed by atoms with Crippen LogP contribution in [0.15, 0.2) is 84.1 Å². The molecule has 0 aliphatic carbocycles. The molecule has 3 aromatic rings. The third kappa shape index (κ3) is 10.7. The van der Waals surface area contributed by atoms with Gasteiger partial charge in [-0.3, -0.25) is 14.8 Å². The van der Waals surface area contributed by atoms with Gasteiger partial charge >= 0.3 is 5.97 Å². The van der Waals surface area contributed by atoms with Crippen molar-refractivity contribution in [2.75, 3.05) is 20.8 Å². The van der Waals surface area contributed by atoms with Gasteiger partial charge in [0.15, 0.2) is 0 Å². The fourth-order valence-electron chi connectivity index (χ4n) is 4.39. The SMILES string of the molecule is COc1ccnc(CC/C=C/CCc2c(OC)ccnc2CSc2ccccc2)c1CC/C=C/COC(=O)C(C)(C)C. The van der Waals surface area contributed by atoms with Gasteiger partial charge in [-0.1, -0.05) is 42.5 Å². The lowest BCUT2D eigenvalue weighted by molar-refractivity contribution is -0.151. The number of allylic oxidation sites excluding steroid dienone is 3. The van der Waals surface area contributed by atoms with Crippen LogP contribution in [0.1, 0.15) is 62.5 Å². The summed E-state index contributed by atoms with van der Waals surface area (Å²) in [5, 5.41) is 0. The first-order valence-electron chi connectivity index (χ1n) is 14.5. The number of hydrogen-bond donors (Lipinski definition) is 0. The highest BCUT2D eigenvalue weighted by Gasteiger charge is 2.22. The topological polar surface area (TPSA) is 70.5 Å². The van der Waals surface area contributed by atoms with Crippen LogP contribution in [0.25, 0.3) is 0 Å². The van der Waals surface area contributed by atoms with E-state index in [1.165, 1.54) is 10.5 Å². The molecule has 0 unspecified atom stereocenters. The number of carbonyl (C=O) groups excluding carboxylic acids is 1. The predicted molar refractivity (Wildman–Crippen MR) is 171 cm³/mol. The molecule has 42 heavy (non-hydrogen) atoms. The summed E-state index contributed by atoms with van der Waals surface area (Å²) in [7, 11) is 3.42. The van der Waals surface area contributed by atoms with Gasteiger partial charge < -0.3 is 14.2 Å². The van der Waals surface area contributed by atoms with Gasteiger partial charge in [0, 0.05) is 39.9 Å². The van der Waals surface area contributed by atoms with Gasteiger partial charge in [0.05, 0.1) is 25.3 Å². The Hall–Kier alpha value is -3.58. The Kier molecular flexibility index (Phi) is 13.6. The number of pyridine rings is 2. The number of aryl methyl sites for hydroxylation is 1. The van der Waals surface area contributed by atoms with Crippen LogP contribution in [-0.2, 0) is 34.5 Å². The number of aromatic nitrogens is 2. The molecule has 0 N–H and O–H groups in total. The van der Waals surface area contributed by atoms with E-state index in [0.717, 1.165) is 72.7 Å². The highest BCUT2D eigenvalue weighted by atomic mass is 32.2. The third-order valence-corrected chi connectivity index (χ3v) is 7.71. The summed E-state index contributed by atoms with van der Waals surface area (Å²) in [6.45, 7) is 5.85. The molecule has 0 radical (unpaired) electrons. The van der Waals surface area contributed by atoms with Gasteiger partial charge in [0.2, 0.25) is 0 Å². The Balaban J connectivity index is 1.51. The lowest BCUT2D eigenvalue weighted by Gasteiger charge is -2.15. The van der Waals surface area contributed by atoms with E-state index in [-0.39, 0.29) is 12.6 Å². The number of thioether (sulfide) groups is 1. The maximum Gasteiger partial charge on any atom is 0.311 e. The number of esters is 1. The van der Waals surface area contributed by atoms with E-state index >= 15 is 0 Å². The first-order valence-corrected chi connectivity index (χ1v) is 15.5. The first-order chi connectivity index (χ1) is 20.3. The van der Waals surface area contributed by atoms with E-state index < -0.39 is 5.41 Å². The second-order valence-electron chi connectivity index (χ2n) is 10.9. The molecule has 2 heterocycles. The van der Waals surface area contributed by atoms with Crippen LogP contribution < -0.4 is 9.47 Å². The van der Waals surface area contributed by atoms with Gasteiger partial charge in [-0.05, 0) is 83.6 Å². The van der Waals surface area contributed by atoms with Gasteiger partial charge in [-0.15, -0.1) is 11.8 Å². The lowest BCUT2D eigenvalue weighted by Crippen LogP contribution is -2.22. The monoisotopic (exact) mass is 588 g/mol. The standard InChI is InChI=1S/C35H44N2O4S/c1-35(2,3)34(38)41-25-15-9-13-18-28-30(36-23-21-32(28)39-4)20-14-7-6-12-19-29-31(37-24-22-33(29)40-5)26-42-27-16-10-8-11-17-27/h6-11,15-17,21-24H,12-14,18-20,25-26H2,1-5H3/b7-6+,15-9+. The van der Waals surface area contributed by atoms with E-state index in [2.05, 4.69) is 46.4 Å². The molecule has 0 bridgehead atoms. The van der Waals surface area contributed by atoms with Gasteiger partial charge in [0.1, 0.15) is 18.1 Å². The zero-order valence-electron chi connectivity index (χ0n) is 25.6. The summed E-state index contributed by atoms with van der Waals surface area (Å²) < 4.78 is 16.6. The molecule has 0 aliphatic rings. The van der Waals surface area contributed by atoms with E-state index in [1.807, 2.05) is 63.5 Å². The average molecular weight is 589 g/mol. The number of hydrogen-bond acceptors (Lipinski definition) is 7. The second kappa shape index (κ2) is 17.4. The number of methoxy groups -OCH3 is 2. The number of ether oxygens (including phenoxy) is 3. The van der Waals surface area contributed by atoms with Crippen molar-refractivity contribution in [2.24, 2.45) is 5.41 Å². The van der Waals surface area contributed by atoms with Crippen LogP contribution in [-0.4, -0.2) is 36.8 Å². The predicted octanol–water partition coefficient (Wildman–Crippen LogP) is 7.99. The minimum Gasteiger partial charge on any atom is -0.496 e. The minimum atomic E-state index is -0.490. The number of carbonyl (C=O) groups is 1. The van der Waals surface area contributed by atoms with E-state index in [1.54, 1.807) is 26.0 Å². The summed E-state index contributed by atoms with van der Waals surface area (Å²) in [5.41, 5.74) is 3.94. The van der Waals surface area contributed by atoms with Crippen molar-refractivity contribution in [3.8, 4) is 11.5 Å². The summed E-state index contributed by atoms with van der Waals surface area (Å²) >= 11 is 1.79. The number of benzene rings is 1. The molecule has 7 heteroatoms. The van der Waals surface area contributed by atoms with Crippen molar-refractivity contribution >= 4 is 17.7 Å². The largest absolute Gasteiger partial charge is 0.496 e. The van der Waals surface area contributed by atoms with E-state index in [4.69, 9.17) is 14.2 Å². The van der Waals surface area contributed by atoms with E-state index in [0.29, 0.717) is 0 Å². The molecule has 6 nitrogen and oxygen atoms in total. The normalized spacial score (nSPS) is 11.7. The van der Waals surface area contributed by atoms with Crippen molar-refractivity contribution in [3.63, 3.8) is 0 Å². The first kappa shape index (κ1) is 32.9. The second-order valence-corrected chi connectivity index (χ2v) is 11.9. The fraction of sp³-hybridized carbons (Fsp3) is 0.400. The Morgan fingerprint density at radius 2 is 1.31 bits per heavy atom. The van der Waals surface area contributed by atoms with Crippen LogP contribution in [0.2, 0.25) is 0 Å². The molecule has 0 amide bonds. The highest BCUT2D eigenvalue weighted by molar-refractivity contribution is 7.98. The smallest absolute Gasteiger partial charge is 0.311 e. The molecule has 0 saturated heterocycles. The minimum absolute atomic E-state index is 0.196. The Bertz CT molecular complexity index is 1320. The van der Waals surface area contributed by atoms with Crippen LogP contribution >= 0.6 is 11.8 Å². The van der Waals surface area contributed by atoms with Gasteiger partial charge in [-0.2, -0.15) is 0 Å². The quantitative estimate of drug-likeness (QED) is 0.0954. The van der Waals surface area contributed by atoms with Crippen LogP contribution in [0, 0.1) is 5.41 Å². The Labute approximate surface area is 255 Å². The molecule has 224 valence electrons. The van der Waals surface area contributed by atoms with Crippen molar-refractivity contribution in [1.82, 2.24) is 9.97 Å². The molecular formula is C35H44N2O4S. The van der Waals surface area contributed by atoms with Crippen LogP contribution in [0.3, 0.4) is 0 Å². The summed E-state index contributed by atoms with van der Waals surface area (Å²) in [6, 6.07) is 14.3. The van der Waals surface area contributed by atoms with Crippen molar-refractivity contribution in [2.45, 2.75) is 69.9 Å². The zero-order chi connectivity index (χ0) is 30.2. The van der Waals surface area contributed by atoms with E-state index in [9.17, 15) is 4.79 Å². The zero-order valence-corrected chi connectivity index (χ0v) is 26.4. The molecule has 0 saturated carbocycles. The molecule has 2 aromatic heterocycles. The summed E-state index contributed by atoms with van der Waals surface area (Å²) in [4.78, 5) is 22.5. The molecular weight excluding hydrogens is 544 g/mol. The Morgan fingerprint density at radius 1 is 0.762 bits per heavy atom. The van der Waals surface area contributed by atoms with Crippen molar-refractivity contribution in [1.29, 1.82) is 0 Å².